The number of hydrogen-bond acceptors (Lipinski definition) is 5. The average molecular weight is 389 g/mol. The van der Waals surface area contributed by atoms with Crippen LogP contribution >= 0.6 is 0 Å². The molecule has 3 rings (SSSR count). The summed E-state index contributed by atoms with van der Waals surface area (Å²) in [5.74, 6) is 1.21. The number of ether oxygens (including phenoxy) is 2. The van der Waals surface area contributed by atoms with Gasteiger partial charge in [0.05, 0.1) is 19.9 Å². The second kappa shape index (κ2) is 10.5. The quantitative estimate of drug-likeness (QED) is 0.431. The van der Waals surface area contributed by atoms with Crippen LogP contribution in [0.5, 0.6) is 11.5 Å². The number of nitrogens with zero attached hydrogens (tertiary/aromatic N) is 1. The van der Waals surface area contributed by atoms with Crippen molar-refractivity contribution in [2.75, 3.05) is 19.0 Å². The van der Waals surface area contributed by atoms with Crippen LogP contribution in [0.1, 0.15) is 11.1 Å². The third-order valence-corrected chi connectivity index (χ3v) is 4.09. The molecule has 0 unspecified atom stereocenters. The molecule has 1 amide bonds. The van der Waals surface area contributed by atoms with Gasteiger partial charge >= 0.3 is 0 Å². The Kier molecular flexibility index (Phi) is 7.23. The number of anilines is 1. The molecule has 0 aromatic heterocycles. The zero-order valence-electron chi connectivity index (χ0n) is 16.2. The lowest BCUT2D eigenvalue weighted by molar-refractivity contribution is -0.119. The predicted molar refractivity (Wildman–Crippen MR) is 114 cm³/mol. The number of hydrazone groups is 1. The number of nitrogens with one attached hydrogen (secondary N) is 2. The molecule has 0 saturated heterocycles. The Labute approximate surface area is 170 Å². The van der Waals surface area contributed by atoms with Crippen molar-refractivity contribution in [3.8, 4) is 11.5 Å². The highest BCUT2D eigenvalue weighted by Crippen LogP contribution is 2.17. The van der Waals surface area contributed by atoms with E-state index in [-0.39, 0.29) is 12.5 Å². The maximum absolute atomic E-state index is 12.0. The largest absolute Gasteiger partial charge is 0.497 e. The van der Waals surface area contributed by atoms with Gasteiger partial charge in [0.25, 0.3) is 5.91 Å². The Morgan fingerprint density at radius 2 is 1.69 bits per heavy atom. The third kappa shape index (κ3) is 6.39. The lowest BCUT2D eigenvalue weighted by Crippen LogP contribution is -2.25. The molecule has 0 atom stereocenters. The van der Waals surface area contributed by atoms with E-state index in [9.17, 15) is 4.79 Å². The molecule has 0 bridgehead atoms. The fourth-order valence-corrected chi connectivity index (χ4v) is 2.56. The van der Waals surface area contributed by atoms with Crippen molar-refractivity contribution < 1.29 is 14.3 Å². The summed E-state index contributed by atoms with van der Waals surface area (Å²) < 4.78 is 11.0. The average Bonchev–Trinajstić information content (AvgIpc) is 2.78. The minimum atomic E-state index is -0.250. The van der Waals surface area contributed by atoms with Gasteiger partial charge in [-0.2, -0.15) is 5.10 Å². The summed E-state index contributed by atoms with van der Waals surface area (Å²) in [5, 5.41) is 7.06. The van der Waals surface area contributed by atoms with Crippen LogP contribution in [0.3, 0.4) is 0 Å². The van der Waals surface area contributed by atoms with Gasteiger partial charge in [0.15, 0.2) is 0 Å². The smallest absolute Gasteiger partial charge is 0.259 e. The summed E-state index contributed by atoms with van der Waals surface area (Å²) in [7, 11) is 1.61. The molecule has 3 aromatic rings. The van der Waals surface area contributed by atoms with Crippen molar-refractivity contribution in [2.45, 2.75) is 6.61 Å². The van der Waals surface area contributed by atoms with E-state index in [0.717, 1.165) is 22.6 Å². The Hall–Kier alpha value is -3.80. The molecule has 3 aromatic carbocycles. The number of carbonyl (C=O) groups excluding carboxylic acids is 1. The van der Waals surface area contributed by atoms with E-state index in [2.05, 4.69) is 15.8 Å². The summed E-state index contributed by atoms with van der Waals surface area (Å²) in [6, 6.07) is 24.8. The standard InChI is InChI=1S/C23H23N3O3/c1-28-21-13-11-20(12-14-21)24-16-23(27)26-25-15-19-9-5-6-10-22(19)29-17-18-7-3-2-4-8-18/h2-15,24H,16-17H2,1H3,(H,26,27). The Morgan fingerprint density at radius 3 is 2.45 bits per heavy atom. The highest BCUT2D eigenvalue weighted by molar-refractivity contribution is 5.86. The van der Waals surface area contributed by atoms with Crippen molar-refractivity contribution >= 4 is 17.8 Å². The zero-order chi connectivity index (χ0) is 20.3. The van der Waals surface area contributed by atoms with Crippen LogP contribution in [-0.4, -0.2) is 25.8 Å². The number of rotatable bonds is 9. The molecule has 6 nitrogen and oxygen atoms in total. The minimum Gasteiger partial charge on any atom is -0.497 e. The van der Waals surface area contributed by atoms with Crippen LogP contribution in [0.15, 0.2) is 84.0 Å². The van der Waals surface area contributed by atoms with Gasteiger partial charge in [0.2, 0.25) is 0 Å². The molecule has 0 saturated carbocycles. The SMILES string of the molecule is COc1ccc(NCC(=O)NN=Cc2ccccc2OCc2ccccc2)cc1. The van der Waals surface area contributed by atoms with E-state index in [0.29, 0.717) is 12.4 Å². The lowest BCUT2D eigenvalue weighted by atomic mass is 10.2. The van der Waals surface area contributed by atoms with E-state index < -0.39 is 0 Å². The van der Waals surface area contributed by atoms with Crippen LogP contribution in [0.25, 0.3) is 0 Å². The maximum Gasteiger partial charge on any atom is 0.259 e. The normalized spacial score (nSPS) is 10.5. The second-order valence-electron chi connectivity index (χ2n) is 6.19. The third-order valence-electron chi connectivity index (χ3n) is 4.09. The van der Waals surface area contributed by atoms with Gasteiger partial charge in [-0.05, 0) is 42.0 Å². The summed E-state index contributed by atoms with van der Waals surface area (Å²) >= 11 is 0. The molecule has 6 heteroatoms. The summed E-state index contributed by atoms with van der Waals surface area (Å²) in [6.07, 6.45) is 1.58. The van der Waals surface area contributed by atoms with Crippen molar-refractivity contribution in [2.24, 2.45) is 5.10 Å². The zero-order valence-corrected chi connectivity index (χ0v) is 16.2. The molecule has 0 spiro atoms. The molecule has 0 aliphatic carbocycles. The molecule has 2 N–H and O–H groups in total. The fraction of sp³-hybridized carbons (Fsp3) is 0.130. The highest BCUT2D eigenvalue weighted by atomic mass is 16.5. The van der Waals surface area contributed by atoms with E-state index >= 15 is 0 Å². The van der Waals surface area contributed by atoms with Crippen molar-refractivity contribution in [1.82, 2.24) is 5.43 Å². The van der Waals surface area contributed by atoms with Crippen LogP contribution < -0.4 is 20.2 Å². The van der Waals surface area contributed by atoms with E-state index in [1.165, 1.54) is 0 Å². The Morgan fingerprint density at radius 1 is 0.966 bits per heavy atom. The first-order valence-corrected chi connectivity index (χ1v) is 9.20. The number of benzene rings is 3. The summed E-state index contributed by atoms with van der Waals surface area (Å²) in [4.78, 5) is 12.0. The van der Waals surface area contributed by atoms with Crippen molar-refractivity contribution in [3.63, 3.8) is 0 Å². The Bertz CT molecular complexity index is 941. The van der Waals surface area contributed by atoms with Gasteiger partial charge < -0.3 is 14.8 Å². The fourth-order valence-electron chi connectivity index (χ4n) is 2.56. The molecule has 29 heavy (non-hydrogen) atoms. The first-order valence-electron chi connectivity index (χ1n) is 9.20. The van der Waals surface area contributed by atoms with Crippen LogP contribution in [0, 0.1) is 0 Å². The first-order chi connectivity index (χ1) is 14.2. The summed E-state index contributed by atoms with van der Waals surface area (Å²) in [6.45, 7) is 0.569. The molecule has 0 radical (unpaired) electrons. The first kappa shape index (κ1) is 19.9. The number of carbonyl (C=O) groups is 1. The molecular formula is C23H23N3O3. The van der Waals surface area contributed by atoms with Gasteiger partial charge in [-0.1, -0.05) is 42.5 Å². The van der Waals surface area contributed by atoms with E-state index in [4.69, 9.17) is 9.47 Å². The maximum atomic E-state index is 12.0. The molecular weight excluding hydrogens is 366 g/mol. The number of methoxy groups -OCH3 is 1. The van der Waals surface area contributed by atoms with Crippen LogP contribution in [-0.2, 0) is 11.4 Å². The monoisotopic (exact) mass is 389 g/mol. The van der Waals surface area contributed by atoms with E-state index in [1.807, 2.05) is 78.9 Å². The molecule has 0 aliphatic heterocycles. The number of para-hydroxylation sites is 1. The number of hydrogen-bond donors (Lipinski definition) is 2. The van der Waals surface area contributed by atoms with Crippen molar-refractivity contribution in [1.29, 1.82) is 0 Å². The van der Waals surface area contributed by atoms with Gasteiger partial charge in [-0.3, -0.25) is 4.79 Å². The molecule has 0 aliphatic rings. The topological polar surface area (TPSA) is 72.0 Å². The Balaban J connectivity index is 1.49. The molecule has 148 valence electrons. The van der Waals surface area contributed by atoms with Gasteiger partial charge in [-0.25, -0.2) is 5.43 Å². The summed E-state index contributed by atoms with van der Waals surface area (Å²) in [5.41, 5.74) is 5.20. The van der Waals surface area contributed by atoms with Gasteiger partial charge in [0, 0.05) is 11.3 Å². The second-order valence-corrected chi connectivity index (χ2v) is 6.19. The van der Waals surface area contributed by atoms with E-state index in [1.54, 1.807) is 13.3 Å². The predicted octanol–water partition coefficient (Wildman–Crippen LogP) is 3.84. The van der Waals surface area contributed by atoms with Crippen LogP contribution in [0.2, 0.25) is 0 Å². The van der Waals surface area contributed by atoms with Crippen molar-refractivity contribution in [3.05, 3.63) is 90.0 Å². The number of amides is 1. The van der Waals surface area contributed by atoms with Crippen LogP contribution in [0.4, 0.5) is 5.69 Å². The highest BCUT2D eigenvalue weighted by Gasteiger charge is 2.03. The molecule has 0 heterocycles. The molecule has 0 fully saturated rings. The van der Waals surface area contributed by atoms with Gasteiger partial charge in [-0.15, -0.1) is 0 Å². The lowest BCUT2D eigenvalue weighted by Gasteiger charge is -2.09. The minimum absolute atomic E-state index is 0.107. The van der Waals surface area contributed by atoms with Gasteiger partial charge in [0.1, 0.15) is 18.1 Å².